The molecular weight excluding hydrogens is 449 g/mol. The fraction of sp³-hybridized carbons (Fsp3) is 0.435. The summed E-state index contributed by atoms with van der Waals surface area (Å²) in [4.78, 5) is 11.3. The molecule has 1 aliphatic rings. The van der Waals surface area contributed by atoms with Crippen LogP contribution in [0.4, 0.5) is 22.0 Å². The largest absolute Gasteiger partial charge is 0.547 e. The van der Waals surface area contributed by atoms with E-state index in [1.165, 1.54) is 5.56 Å². The van der Waals surface area contributed by atoms with Crippen molar-refractivity contribution in [3.8, 4) is 5.75 Å². The third-order valence-corrected chi connectivity index (χ3v) is 5.91. The summed E-state index contributed by atoms with van der Waals surface area (Å²) in [6.45, 7) is 3.93. The van der Waals surface area contributed by atoms with E-state index in [2.05, 4.69) is 24.8 Å². The maximum atomic E-state index is 13.9. The summed E-state index contributed by atoms with van der Waals surface area (Å²) in [7, 11) is 0.999. The van der Waals surface area contributed by atoms with Gasteiger partial charge < -0.3 is 25.1 Å². The third-order valence-electron chi connectivity index (χ3n) is 5.91. The summed E-state index contributed by atoms with van der Waals surface area (Å²) in [5.74, 6) is -8.09. The van der Waals surface area contributed by atoms with Gasteiger partial charge in [-0.25, -0.2) is 4.39 Å². The molecule has 33 heavy (non-hydrogen) atoms. The number of carboxylic acid groups (broad SMARTS) is 1. The van der Waals surface area contributed by atoms with E-state index in [1.54, 1.807) is 0 Å². The summed E-state index contributed by atoms with van der Waals surface area (Å²) in [6.07, 6.45) is -6.87. The second-order valence-electron chi connectivity index (χ2n) is 8.07. The van der Waals surface area contributed by atoms with Crippen LogP contribution in [0.2, 0.25) is 0 Å². The molecule has 3 N–H and O–H groups in total. The molecule has 0 saturated carbocycles. The lowest BCUT2D eigenvalue weighted by Gasteiger charge is -2.32. The van der Waals surface area contributed by atoms with Crippen LogP contribution in [0.1, 0.15) is 43.9 Å². The van der Waals surface area contributed by atoms with E-state index in [1.807, 2.05) is 18.2 Å². The van der Waals surface area contributed by atoms with Crippen molar-refractivity contribution in [2.24, 2.45) is 5.92 Å². The van der Waals surface area contributed by atoms with Gasteiger partial charge in [-0.05, 0) is 19.9 Å². The zero-order chi connectivity index (χ0) is 25.1. The summed E-state index contributed by atoms with van der Waals surface area (Å²) in [5, 5.41) is 11.3. The van der Waals surface area contributed by atoms with Crippen molar-refractivity contribution < 1.29 is 47.1 Å². The van der Waals surface area contributed by atoms with Gasteiger partial charge in [-0.15, -0.1) is 0 Å². The second-order valence-corrected chi connectivity index (χ2v) is 8.07. The predicted molar refractivity (Wildman–Crippen MR) is 107 cm³/mol. The number of alkyl halides is 3. The van der Waals surface area contributed by atoms with Gasteiger partial charge >= 0.3 is 6.18 Å². The Labute approximate surface area is 188 Å². The third kappa shape index (κ3) is 5.27. The van der Waals surface area contributed by atoms with Crippen molar-refractivity contribution in [3.05, 3.63) is 65.2 Å². The second kappa shape index (κ2) is 10.0. The van der Waals surface area contributed by atoms with Crippen LogP contribution in [-0.2, 0) is 9.53 Å². The highest BCUT2D eigenvalue weighted by atomic mass is 19.4. The number of rotatable bonds is 4. The van der Waals surface area contributed by atoms with Gasteiger partial charge in [-0.3, -0.25) is 0 Å². The van der Waals surface area contributed by atoms with Crippen molar-refractivity contribution in [1.29, 1.82) is 0 Å². The first-order valence-corrected chi connectivity index (χ1v) is 10.1. The lowest BCUT2D eigenvalue weighted by atomic mass is 9.77. The van der Waals surface area contributed by atoms with Gasteiger partial charge in [0.2, 0.25) is 5.82 Å². The number of benzene rings is 2. The van der Waals surface area contributed by atoms with Crippen LogP contribution in [0.3, 0.4) is 0 Å². The molecule has 0 bridgehead atoms. The average molecular weight is 475 g/mol. The Balaban J connectivity index is 0.000000357. The van der Waals surface area contributed by atoms with E-state index in [9.17, 15) is 31.9 Å². The van der Waals surface area contributed by atoms with Gasteiger partial charge in [0.15, 0.2) is 17.2 Å². The van der Waals surface area contributed by atoms with E-state index >= 15 is 0 Å². The van der Waals surface area contributed by atoms with Crippen LogP contribution in [0.5, 0.6) is 5.75 Å². The number of methoxy groups -OCH3 is 1. The normalized spacial score (nSPS) is 25.7. The van der Waals surface area contributed by atoms with Gasteiger partial charge in [-0.1, -0.05) is 43.3 Å². The number of hydrogen-bond donors (Lipinski definition) is 1. The Bertz CT molecular complexity index is 967. The maximum absolute atomic E-state index is 13.9. The molecule has 0 radical (unpaired) electrons. The van der Waals surface area contributed by atoms with E-state index in [4.69, 9.17) is 9.47 Å². The van der Waals surface area contributed by atoms with Crippen molar-refractivity contribution in [3.63, 3.8) is 0 Å². The number of hydrogen-bond acceptors (Lipinski definition) is 4. The number of ether oxygens (including phenoxy) is 2. The van der Waals surface area contributed by atoms with Gasteiger partial charge in [0.05, 0.1) is 13.1 Å². The Morgan fingerprint density at radius 2 is 1.76 bits per heavy atom. The van der Waals surface area contributed by atoms with Crippen LogP contribution in [-0.4, -0.2) is 31.0 Å². The zero-order valence-corrected chi connectivity index (χ0v) is 18.6. The summed E-state index contributed by atoms with van der Waals surface area (Å²) in [5.41, 5.74) is 2.19. The fourth-order valence-electron chi connectivity index (χ4n) is 3.80. The summed E-state index contributed by atoms with van der Waals surface area (Å²) >= 11 is 0. The Kier molecular flexibility index (Phi) is 8.08. The van der Waals surface area contributed by atoms with Gasteiger partial charge in [0.25, 0.3) is 0 Å². The predicted octanol–water partition coefficient (Wildman–Crippen LogP) is 3.15. The van der Waals surface area contributed by atoms with Crippen molar-refractivity contribution >= 4 is 5.97 Å². The van der Waals surface area contributed by atoms with Crippen molar-refractivity contribution in [1.82, 2.24) is 0 Å². The molecule has 2 aromatic carbocycles. The minimum atomic E-state index is -4.87. The van der Waals surface area contributed by atoms with Crippen LogP contribution < -0.4 is 15.6 Å². The van der Waals surface area contributed by atoms with Crippen molar-refractivity contribution in [2.45, 2.75) is 50.6 Å². The van der Waals surface area contributed by atoms with Crippen LogP contribution in [0.25, 0.3) is 0 Å². The number of halogens is 5. The van der Waals surface area contributed by atoms with Gasteiger partial charge in [0.1, 0.15) is 12.1 Å². The van der Waals surface area contributed by atoms with Crippen molar-refractivity contribution in [2.75, 3.05) is 7.11 Å². The molecule has 3 rings (SSSR count). The van der Waals surface area contributed by atoms with Gasteiger partial charge in [-0.2, -0.15) is 17.6 Å². The molecular formula is C23H26F5NO4. The molecule has 5 atom stereocenters. The summed E-state index contributed by atoms with van der Waals surface area (Å²) in [6, 6.07) is 12.4. The Morgan fingerprint density at radius 1 is 1.18 bits per heavy atom. The zero-order valence-electron chi connectivity index (χ0n) is 18.6. The highest BCUT2D eigenvalue weighted by molar-refractivity contribution is 5.73. The molecule has 1 fully saturated rings. The first-order chi connectivity index (χ1) is 15.3. The van der Waals surface area contributed by atoms with Crippen LogP contribution in [0.15, 0.2) is 42.5 Å². The first kappa shape index (κ1) is 26.5. The fourth-order valence-corrected chi connectivity index (χ4v) is 3.80. The number of carbonyl (C=O) groups is 1. The lowest BCUT2D eigenvalue weighted by Crippen LogP contribution is -2.51. The molecule has 2 aromatic rings. The topological polar surface area (TPSA) is 86.2 Å². The van der Waals surface area contributed by atoms with E-state index in [-0.39, 0.29) is 5.56 Å². The molecule has 0 aromatic heterocycles. The molecule has 5 nitrogen and oxygen atoms in total. The Morgan fingerprint density at radius 3 is 2.18 bits per heavy atom. The molecule has 182 valence electrons. The molecule has 0 amide bonds. The van der Waals surface area contributed by atoms with Crippen LogP contribution in [0, 0.1) is 17.6 Å². The quantitative estimate of drug-likeness (QED) is 0.689. The molecule has 10 heteroatoms. The standard InChI is InChI=1S/C15H15F5O4.C8H11N/c1-6-9(7-4-5-8(16)10(17)11(7)23-3)12(13(21)22)24-14(6,2)15(18,19)20;1-7(9)8-5-3-2-4-6-8/h4-6,9,12H,1-3H3,(H,21,22);2-7H,9H2,1H3/t6-,9-,12+,14+;7-/m01/s1. The SMILES string of the molecule is COc1c([C@H]2[C@H](C(=O)[O-])O[C@@](C)(C(F)(F)F)[C@H]2C)ccc(F)c1F.C[C@@H]([NH3+])c1ccccc1. The Hall–Kier alpha value is -2.72. The monoisotopic (exact) mass is 475 g/mol. The number of quaternary nitrogens is 1. The summed E-state index contributed by atoms with van der Waals surface area (Å²) < 4.78 is 76.7. The molecule has 1 saturated heterocycles. The highest BCUT2D eigenvalue weighted by Gasteiger charge is 2.64. The highest BCUT2D eigenvalue weighted by Crippen LogP contribution is 2.54. The number of aliphatic carboxylic acids is 1. The number of carboxylic acids is 1. The van der Waals surface area contributed by atoms with E-state index in [0.717, 1.165) is 20.1 Å². The number of carbonyl (C=O) groups excluding carboxylic acids is 1. The lowest BCUT2D eigenvalue weighted by molar-refractivity contribution is -0.420. The molecule has 1 aliphatic heterocycles. The van der Waals surface area contributed by atoms with E-state index < -0.39 is 53.1 Å². The maximum Gasteiger partial charge on any atom is 0.417 e. The molecule has 0 unspecified atom stereocenters. The molecule has 1 heterocycles. The smallest absolute Gasteiger partial charge is 0.417 e. The minimum absolute atomic E-state index is 0.230. The van der Waals surface area contributed by atoms with Crippen LogP contribution >= 0.6 is 0 Å². The minimum Gasteiger partial charge on any atom is -0.547 e. The van der Waals surface area contributed by atoms with Gasteiger partial charge in [0, 0.05) is 23.0 Å². The first-order valence-electron chi connectivity index (χ1n) is 10.1. The average Bonchev–Trinajstić information content (AvgIpc) is 3.03. The molecule has 0 spiro atoms. The molecule has 0 aliphatic carbocycles. The van der Waals surface area contributed by atoms with E-state index in [0.29, 0.717) is 19.0 Å².